The Morgan fingerprint density at radius 2 is 1.70 bits per heavy atom. The smallest absolute Gasteiger partial charge is 0.247 e. The summed E-state index contributed by atoms with van der Waals surface area (Å²) in [5.74, 6) is -0.435. The van der Waals surface area contributed by atoms with Crippen molar-refractivity contribution in [2.75, 3.05) is 5.32 Å². The molecule has 0 aliphatic heterocycles. The lowest BCUT2D eigenvalue weighted by atomic mass is 9.91. The van der Waals surface area contributed by atoms with E-state index >= 15 is 0 Å². The quantitative estimate of drug-likeness (QED) is 0.818. The SMILES string of the molecule is CC(Nc1cccc(Br)c1)(C(N)=O)c1cccc(Br)c1. The molecule has 0 aromatic heterocycles. The van der Waals surface area contributed by atoms with E-state index in [1.807, 2.05) is 48.5 Å². The van der Waals surface area contributed by atoms with E-state index in [1.165, 1.54) is 0 Å². The van der Waals surface area contributed by atoms with Gasteiger partial charge in [0, 0.05) is 14.6 Å². The number of amides is 1. The van der Waals surface area contributed by atoms with Crippen LogP contribution < -0.4 is 11.1 Å². The summed E-state index contributed by atoms with van der Waals surface area (Å²) in [6.45, 7) is 1.78. The molecule has 2 aromatic rings. The Hall–Kier alpha value is -1.33. The molecule has 0 saturated carbocycles. The summed E-state index contributed by atoms with van der Waals surface area (Å²) in [5.41, 5.74) is 6.25. The maximum atomic E-state index is 12.0. The van der Waals surface area contributed by atoms with Crippen LogP contribution in [0.5, 0.6) is 0 Å². The van der Waals surface area contributed by atoms with Gasteiger partial charge in [-0.1, -0.05) is 50.1 Å². The van der Waals surface area contributed by atoms with Crippen LogP contribution in [0.15, 0.2) is 57.5 Å². The molecule has 0 fully saturated rings. The summed E-state index contributed by atoms with van der Waals surface area (Å²) in [6.07, 6.45) is 0. The topological polar surface area (TPSA) is 55.1 Å². The van der Waals surface area contributed by atoms with Crippen LogP contribution in [0.25, 0.3) is 0 Å². The van der Waals surface area contributed by atoms with Crippen LogP contribution in [-0.4, -0.2) is 5.91 Å². The Morgan fingerprint density at radius 1 is 1.10 bits per heavy atom. The van der Waals surface area contributed by atoms with Crippen LogP contribution in [0.1, 0.15) is 12.5 Å². The van der Waals surface area contributed by atoms with Crippen LogP contribution >= 0.6 is 31.9 Å². The van der Waals surface area contributed by atoms with E-state index in [0.29, 0.717) is 0 Å². The van der Waals surface area contributed by atoms with Crippen LogP contribution in [0.2, 0.25) is 0 Å². The van der Waals surface area contributed by atoms with Gasteiger partial charge in [0.1, 0.15) is 5.54 Å². The number of hydrogen-bond acceptors (Lipinski definition) is 2. The average molecular weight is 398 g/mol. The highest BCUT2D eigenvalue weighted by atomic mass is 79.9. The van der Waals surface area contributed by atoms with Gasteiger partial charge < -0.3 is 11.1 Å². The van der Waals surface area contributed by atoms with Gasteiger partial charge >= 0.3 is 0 Å². The molecule has 5 heteroatoms. The first kappa shape index (κ1) is 15.1. The Bertz CT molecular complexity index is 645. The van der Waals surface area contributed by atoms with Crippen molar-refractivity contribution in [1.29, 1.82) is 0 Å². The van der Waals surface area contributed by atoms with Crippen molar-refractivity contribution >= 4 is 43.5 Å². The molecule has 0 heterocycles. The monoisotopic (exact) mass is 396 g/mol. The van der Waals surface area contributed by atoms with Crippen molar-refractivity contribution in [2.45, 2.75) is 12.5 Å². The number of benzene rings is 2. The first-order valence-corrected chi connectivity index (χ1v) is 7.60. The highest BCUT2D eigenvalue weighted by Crippen LogP contribution is 2.29. The average Bonchev–Trinajstić information content (AvgIpc) is 2.38. The minimum Gasteiger partial charge on any atom is -0.368 e. The van der Waals surface area contributed by atoms with E-state index in [-0.39, 0.29) is 0 Å². The zero-order valence-electron chi connectivity index (χ0n) is 10.9. The fourth-order valence-electron chi connectivity index (χ4n) is 1.93. The lowest BCUT2D eigenvalue weighted by Crippen LogP contribution is -2.45. The van der Waals surface area contributed by atoms with Crippen molar-refractivity contribution in [3.8, 4) is 0 Å². The molecular weight excluding hydrogens is 384 g/mol. The van der Waals surface area contributed by atoms with Gasteiger partial charge in [-0.25, -0.2) is 0 Å². The third-order valence-electron chi connectivity index (χ3n) is 3.11. The van der Waals surface area contributed by atoms with Crippen molar-refractivity contribution < 1.29 is 4.79 Å². The maximum Gasteiger partial charge on any atom is 0.247 e. The molecule has 1 atom stereocenters. The predicted molar refractivity (Wildman–Crippen MR) is 88.5 cm³/mol. The first-order chi connectivity index (χ1) is 9.41. The zero-order chi connectivity index (χ0) is 14.8. The third-order valence-corrected chi connectivity index (χ3v) is 4.10. The number of carbonyl (C=O) groups excluding carboxylic acids is 1. The number of halogens is 2. The van der Waals surface area contributed by atoms with Gasteiger partial charge in [-0.15, -0.1) is 0 Å². The highest BCUT2D eigenvalue weighted by Gasteiger charge is 2.33. The van der Waals surface area contributed by atoms with Gasteiger partial charge in [-0.3, -0.25) is 4.79 Å². The highest BCUT2D eigenvalue weighted by molar-refractivity contribution is 9.10. The largest absolute Gasteiger partial charge is 0.368 e. The van der Waals surface area contributed by atoms with E-state index in [4.69, 9.17) is 5.73 Å². The lowest BCUT2D eigenvalue weighted by molar-refractivity contribution is -0.122. The van der Waals surface area contributed by atoms with Crippen molar-refractivity contribution in [1.82, 2.24) is 0 Å². The van der Waals surface area contributed by atoms with Gasteiger partial charge in [-0.05, 0) is 42.8 Å². The molecule has 0 aliphatic rings. The molecule has 0 bridgehead atoms. The lowest BCUT2D eigenvalue weighted by Gasteiger charge is -2.29. The second-order valence-corrected chi connectivity index (χ2v) is 6.47. The van der Waals surface area contributed by atoms with Gasteiger partial charge in [0.25, 0.3) is 0 Å². The van der Waals surface area contributed by atoms with E-state index in [9.17, 15) is 4.79 Å². The summed E-state index contributed by atoms with van der Waals surface area (Å²) in [4.78, 5) is 12.0. The molecule has 3 N–H and O–H groups in total. The van der Waals surface area contributed by atoms with Crippen molar-refractivity contribution in [2.24, 2.45) is 5.73 Å². The second-order valence-electron chi connectivity index (χ2n) is 4.63. The zero-order valence-corrected chi connectivity index (χ0v) is 14.0. The first-order valence-electron chi connectivity index (χ1n) is 6.01. The molecule has 0 aliphatic carbocycles. The minimum absolute atomic E-state index is 0.435. The molecule has 0 saturated heterocycles. The predicted octanol–water partition coefficient (Wildman–Crippen LogP) is 4.02. The fourth-order valence-corrected chi connectivity index (χ4v) is 2.73. The van der Waals surface area contributed by atoms with Gasteiger partial charge in [0.05, 0.1) is 0 Å². The minimum atomic E-state index is -0.982. The Balaban J connectivity index is 2.42. The second kappa shape index (κ2) is 5.97. The summed E-state index contributed by atoms with van der Waals surface area (Å²) < 4.78 is 1.84. The normalized spacial score (nSPS) is 13.6. The fraction of sp³-hybridized carbons (Fsp3) is 0.133. The number of primary amides is 1. The molecule has 1 amide bonds. The van der Waals surface area contributed by atoms with E-state index < -0.39 is 11.4 Å². The third kappa shape index (κ3) is 3.22. The Morgan fingerprint density at radius 3 is 2.25 bits per heavy atom. The van der Waals surface area contributed by atoms with Crippen LogP contribution in [0, 0.1) is 0 Å². The molecule has 0 radical (unpaired) electrons. The number of anilines is 1. The summed E-state index contributed by atoms with van der Waals surface area (Å²) in [7, 11) is 0. The summed E-state index contributed by atoms with van der Waals surface area (Å²) in [5, 5.41) is 3.21. The van der Waals surface area contributed by atoms with E-state index in [0.717, 1.165) is 20.2 Å². The van der Waals surface area contributed by atoms with E-state index in [1.54, 1.807) is 6.92 Å². The number of rotatable bonds is 4. The van der Waals surface area contributed by atoms with Crippen LogP contribution in [-0.2, 0) is 10.3 Å². The Labute approximate surface area is 134 Å². The molecule has 104 valence electrons. The van der Waals surface area contributed by atoms with Crippen LogP contribution in [0.3, 0.4) is 0 Å². The number of nitrogens with two attached hydrogens (primary N) is 1. The molecule has 0 spiro atoms. The van der Waals surface area contributed by atoms with Crippen LogP contribution in [0.4, 0.5) is 5.69 Å². The molecule has 20 heavy (non-hydrogen) atoms. The maximum absolute atomic E-state index is 12.0. The molecule has 2 aromatic carbocycles. The van der Waals surface area contributed by atoms with Crippen molar-refractivity contribution in [3.05, 3.63) is 63.0 Å². The molecular formula is C15H14Br2N2O. The van der Waals surface area contributed by atoms with Crippen molar-refractivity contribution in [3.63, 3.8) is 0 Å². The number of nitrogens with one attached hydrogen (secondary N) is 1. The number of hydrogen-bond donors (Lipinski definition) is 2. The van der Waals surface area contributed by atoms with E-state index in [2.05, 4.69) is 37.2 Å². The Kier molecular flexibility index (Phi) is 4.50. The molecule has 1 unspecified atom stereocenters. The standard InChI is InChI=1S/C15H14Br2N2O/c1-15(14(18)20,10-4-2-5-11(16)8-10)19-13-7-3-6-12(17)9-13/h2-9,19H,1H3,(H2,18,20). The molecule has 2 rings (SSSR count). The van der Waals surface area contributed by atoms with Gasteiger partial charge in [0.15, 0.2) is 0 Å². The summed E-state index contributed by atoms with van der Waals surface area (Å²) >= 11 is 6.82. The molecule has 3 nitrogen and oxygen atoms in total. The van der Waals surface area contributed by atoms with Gasteiger partial charge in [-0.2, -0.15) is 0 Å². The number of carbonyl (C=O) groups is 1. The van der Waals surface area contributed by atoms with Gasteiger partial charge in [0.2, 0.25) is 5.91 Å². The summed E-state index contributed by atoms with van der Waals surface area (Å²) in [6, 6.07) is 15.2.